The molecule has 2 aromatic heterocycles. The van der Waals surface area contributed by atoms with Gasteiger partial charge in [0.25, 0.3) is 0 Å². The molecule has 0 unspecified atom stereocenters. The Balaban J connectivity index is 2.24. The number of hydrogen-bond donors (Lipinski definition) is 3. The molecule has 0 aliphatic heterocycles. The van der Waals surface area contributed by atoms with E-state index < -0.39 is 0 Å². The summed E-state index contributed by atoms with van der Waals surface area (Å²) in [6.45, 7) is 1.40. The highest BCUT2D eigenvalue weighted by atomic mass is 35.5. The second kappa shape index (κ2) is 6.27. The molecule has 104 valence electrons. The molecule has 0 radical (unpaired) electrons. The summed E-state index contributed by atoms with van der Waals surface area (Å²) in [5.74, 6) is 0.258. The third-order valence-electron chi connectivity index (χ3n) is 2.55. The van der Waals surface area contributed by atoms with E-state index in [0.717, 1.165) is 0 Å². The average Bonchev–Trinajstić information content (AvgIpc) is 2.45. The van der Waals surface area contributed by atoms with Crippen molar-refractivity contribution in [1.29, 1.82) is 0 Å². The maximum Gasteiger partial charge on any atom is 0.184 e. The summed E-state index contributed by atoms with van der Waals surface area (Å²) in [5.41, 5.74) is 3.90. The summed E-state index contributed by atoms with van der Waals surface area (Å²) < 4.78 is 0. The van der Waals surface area contributed by atoms with Crippen LogP contribution in [-0.4, -0.2) is 31.4 Å². The Hall–Kier alpha value is -2.25. The zero-order chi connectivity index (χ0) is 14.5. The quantitative estimate of drug-likeness (QED) is 0.583. The molecule has 0 bridgehead atoms. The van der Waals surface area contributed by atoms with Gasteiger partial charge in [-0.05, 0) is 6.92 Å². The van der Waals surface area contributed by atoms with E-state index in [1.54, 1.807) is 6.92 Å². The van der Waals surface area contributed by atoms with Gasteiger partial charge in [0.1, 0.15) is 5.75 Å². The molecule has 0 spiro atoms. The van der Waals surface area contributed by atoms with Crippen molar-refractivity contribution in [3.63, 3.8) is 0 Å². The number of hydrogen-bond acceptors (Lipinski definition) is 7. The molecule has 2 heterocycles. The molecule has 0 atom stereocenters. The zero-order valence-corrected chi connectivity index (χ0v) is 11.3. The van der Waals surface area contributed by atoms with Gasteiger partial charge in [0.15, 0.2) is 11.0 Å². The third-order valence-corrected chi connectivity index (χ3v) is 2.82. The molecule has 0 aliphatic rings. The van der Waals surface area contributed by atoms with Crippen LogP contribution in [0.4, 0.5) is 5.82 Å². The fraction of sp³-hybridized carbons (Fsp3) is 0.167. The Morgan fingerprint density at radius 1 is 1.35 bits per heavy atom. The predicted octanol–water partition coefficient (Wildman–Crippen LogP) is 1.48. The van der Waals surface area contributed by atoms with Crippen LogP contribution in [-0.2, 0) is 6.61 Å². The minimum atomic E-state index is -0.256. The highest BCUT2D eigenvalue weighted by Gasteiger charge is 2.09. The lowest BCUT2D eigenvalue weighted by atomic mass is 10.1. The average molecular weight is 294 g/mol. The highest BCUT2D eigenvalue weighted by Crippen LogP contribution is 2.22. The van der Waals surface area contributed by atoms with Crippen LogP contribution >= 0.6 is 11.6 Å². The van der Waals surface area contributed by atoms with Gasteiger partial charge in [0.2, 0.25) is 0 Å². The third kappa shape index (κ3) is 3.01. The number of anilines is 1. The lowest BCUT2D eigenvalue weighted by Gasteiger charge is -2.07. The summed E-state index contributed by atoms with van der Waals surface area (Å²) >= 11 is 5.81. The first kappa shape index (κ1) is 14.2. The van der Waals surface area contributed by atoms with E-state index in [1.807, 2.05) is 0 Å². The number of aromatic nitrogens is 3. The van der Waals surface area contributed by atoms with Gasteiger partial charge in [-0.25, -0.2) is 9.97 Å². The standard InChI is InChI=1S/C12H12ClN5O2/c1-7-10(20)9(8(6-19)4-16-7)5-17-18-12-11(13)14-2-3-15-12/h2-5,19-20H,6H2,1H3,(H,15,18)/b17-5+. The number of nitrogens with zero attached hydrogens (tertiary/aromatic N) is 4. The fourth-order valence-corrected chi connectivity index (χ4v) is 1.62. The predicted molar refractivity (Wildman–Crippen MR) is 74.8 cm³/mol. The van der Waals surface area contributed by atoms with Crippen LogP contribution in [0.15, 0.2) is 23.7 Å². The molecule has 0 aliphatic carbocycles. The Bertz CT molecular complexity index is 648. The van der Waals surface area contributed by atoms with Crippen LogP contribution in [0.3, 0.4) is 0 Å². The second-order valence-corrected chi connectivity index (χ2v) is 4.21. The number of aliphatic hydroxyl groups is 1. The van der Waals surface area contributed by atoms with Crippen LogP contribution in [0, 0.1) is 6.92 Å². The molecular weight excluding hydrogens is 282 g/mol. The fourth-order valence-electron chi connectivity index (χ4n) is 1.48. The lowest BCUT2D eigenvalue weighted by Crippen LogP contribution is -2.00. The van der Waals surface area contributed by atoms with E-state index >= 15 is 0 Å². The smallest absolute Gasteiger partial charge is 0.184 e. The van der Waals surface area contributed by atoms with Crippen molar-refractivity contribution < 1.29 is 10.2 Å². The van der Waals surface area contributed by atoms with Gasteiger partial charge in [-0.3, -0.25) is 10.4 Å². The number of pyridine rings is 1. The molecule has 0 saturated carbocycles. The van der Waals surface area contributed by atoms with Crippen molar-refractivity contribution in [3.05, 3.63) is 40.6 Å². The monoisotopic (exact) mass is 293 g/mol. The summed E-state index contributed by atoms with van der Waals surface area (Å²) in [7, 11) is 0. The number of hydrazone groups is 1. The number of rotatable bonds is 4. The first-order chi connectivity index (χ1) is 9.63. The summed E-state index contributed by atoms with van der Waals surface area (Å²) in [6.07, 6.45) is 5.77. The minimum Gasteiger partial charge on any atom is -0.505 e. The number of nitrogens with one attached hydrogen (secondary N) is 1. The first-order valence-corrected chi connectivity index (χ1v) is 6.05. The summed E-state index contributed by atoms with van der Waals surface area (Å²) in [5, 5.41) is 23.2. The van der Waals surface area contributed by atoms with Crippen molar-refractivity contribution in [2.75, 3.05) is 5.43 Å². The van der Waals surface area contributed by atoms with Gasteiger partial charge >= 0.3 is 0 Å². The lowest BCUT2D eigenvalue weighted by molar-refractivity contribution is 0.280. The van der Waals surface area contributed by atoms with Gasteiger partial charge in [0.05, 0.1) is 18.5 Å². The Labute approximate surface area is 120 Å². The zero-order valence-electron chi connectivity index (χ0n) is 10.6. The van der Waals surface area contributed by atoms with E-state index in [4.69, 9.17) is 11.6 Å². The normalized spacial score (nSPS) is 10.9. The van der Waals surface area contributed by atoms with E-state index in [-0.39, 0.29) is 17.5 Å². The van der Waals surface area contributed by atoms with Crippen molar-refractivity contribution in [2.24, 2.45) is 5.10 Å². The molecule has 0 saturated heterocycles. The van der Waals surface area contributed by atoms with E-state index in [1.165, 1.54) is 24.8 Å². The Kier molecular flexibility index (Phi) is 4.44. The van der Waals surface area contributed by atoms with Crippen LogP contribution in [0.25, 0.3) is 0 Å². The second-order valence-electron chi connectivity index (χ2n) is 3.86. The van der Waals surface area contributed by atoms with E-state index in [9.17, 15) is 10.2 Å². The van der Waals surface area contributed by atoms with Gasteiger partial charge in [-0.15, -0.1) is 0 Å². The molecule has 8 heteroatoms. The van der Waals surface area contributed by atoms with Gasteiger partial charge in [0, 0.05) is 29.7 Å². The number of aryl methyl sites for hydroxylation is 1. The molecule has 7 nitrogen and oxygen atoms in total. The molecule has 20 heavy (non-hydrogen) atoms. The summed E-state index contributed by atoms with van der Waals surface area (Å²) in [4.78, 5) is 11.7. The van der Waals surface area contributed by atoms with E-state index in [0.29, 0.717) is 22.6 Å². The minimum absolute atomic E-state index is 0.0349. The number of aliphatic hydroxyl groups excluding tert-OH is 1. The Morgan fingerprint density at radius 3 is 2.80 bits per heavy atom. The van der Waals surface area contributed by atoms with Crippen LogP contribution in [0.1, 0.15) is 16.8 Å². The first-order valence-electron chi connectivity index (χ1n) is 5.67. The van der Waals surface area contributed by atoms with Crippen molar-refractivity contribution in [3.8, 4) is 5.75 Å². The molecule has 0 aromatic carbocycles. The SMILES string of the molecule is Cc1ncc(CO)c(/C=N/Nc2nccnc2Cl)c1O. The van der Waals surface area contributed by atoms with Gasteiger partial charge < -0.3 is 10.2 Å². The topological polar surface area (TPSA) is 104 Å². The van der Waals surface area contributed by atoms with Crippen molar-refractivity contribution in [1.82, 2.24) is 15.0 Å². The largest absolute Gasteiger partial charge is 0.505 e. The number of halogens is 1. The molecule has 2 aromatic rings. The summed E-state index contributed by atoms with van der Waals surface area (Å²) in [6, 6.07) is 0. The molecule has 2 rings (SSSR count). The van der Waals surface area contributed by atoms with Crippen LogP contribution in [0.5, 0.6) is 5.75 Å². The van der Waals surface area contributed by atoms with Crippen molar-refractivity contribution in [2.45, 2.75) is 13.5 Å². The maximum absolute atomic E-state index is 9.91. The van der Waals surface area contributed by atoms with Gasteiger partial charge in [-0.1, -0.05) is 11.6 Å². The van der Waals surface area contributed by atoms with Crippen LogP contribution < -0.4 is 5.43 Å². The van der Waals surface area contributed by atoms with Crippen LogP contribution in [0.2, 0.25) is 5.15 Å². The maximum atomic E-state index is 9.91. The molecule has 0 amide bonds. The van der Waals surface area contributed by atoms with E-state index in [2.05, 4.69) is 25.5 Å². The van der Waals surface area contributed by atoms with Gasteiger partial charge in [-0.2, -0.15) is 5.10 Å². The number of aromatic hydroxyl groups is 1. The molecule has 0 fully saturated rings. The Morgan fingerprint density at radius 2 is 2.10 bits per heavy atom. The molecule has 3 N–H and O–H groups in total. The highest BCUT2D eigenvalue weighted by molar-refractivity contribution is 6.31. The molecular formula is C12H12ClN5O2. The van der Waals surface area contributed by atoms with Crippen molar-refractivity contribution >= 4 is 23.6 Å².